The zero-order valence-electron chi connectivity index (χ0n) is 23.7. The second-order valence-electron chi connectivity index (χ2n) is 10.8. The highest BCUT2D eigenvalue weighted by atomic mass is 32.1. The lowest BCUT2D eigenvalue weighted by atomic mass is 10.0. The van der Waals surface area contributed by atoms with E-state index in [9.17, 15) is 23.9 Å². The number of aromatic hydroxyl groups is 1. The van der Waals surface area contributed by atoms with Gasteiger partial charge in [-0.15, -0.1) is 11.3 Å². The third-order valence-corrected chi connectivity index (χ3v) is 8.53. The topological polar surface area (TPSA) is 132 Å². The number of carbonyl (C=O) groups excluding carboxylic acids is 2. The molecule has 2 aliphatic heterocycles. The smallest absolute Gasteiger partial charge is 0.302 e. The van der Waals surface area contributed by atoms with Crippen LogP contribution in [0.2, 0.25) is 0 Å². The summed E-state index contributed by atoms with van der Waals surface area (Å²) in [6.45, 7) is 6.45. The van der Waals surface area contributed by atoms with Gasteiger partial charge in [-0.05, 0) is 31.5 Å². The summed E-state index contributed by atoms with van der Waals surface area (Å²) in [6.07, 6.45) is 4.74. The van der Waals surface area contributed by atoms with Gasteiger partial charge in [0.15, 0.2) is 5.69 Å². The number of hydrogen-bond acceptors (Lipinski definition) is 9. The molecule has 1 N–H and O–H groups in total. The third-order valence-electron chi connectivity index (χ3n) is 7.52. The predicted octanol–water partition coefficient (Wildman–Crippen LogP) is 2.16. The molecule has 2 unspecified atom stereocenters. The van der Waals surface area contributed by atoms with Gasteiger partial charge in [0, 0.05) is 61.6 Å². The summed E-state index contributed by atoms with van der Waals surface area (Å²) in [7, 11) is 0. The maximum atomic E-state index is 14.2. The summed E-state index contributed by atoms with van der Waals surface area (Å²) < 4.78 is 28.0. The lowest BCUT2D eigenvalue weighted by Crippen LogP contribution is -2.49. The van der Waals surface area contributed by atoms with Crippen molar-refractivity contribution < 1.29 is 28.6 Å². The van der Waals surface area contributed by atoms with Gasteiger partial charge >= 0.3 is 5.56 Å². The number of amides is 2. The summed E-state index contributed by atoms with van der Waals surface area (Å²) in [5.41, 5.74) is 0.198. The molecule has 2 fully saturated rings. The molecule has 0 saturated carbocycles. The van der Waals surface area contributed by atoms with Crippen LogP contribution < -0.4 is 5.56 Å². The van der Waals surface area contributed by atoms with E-state index < -0.39 is 17.1 Å². The molecule has 43 heavy (non-hydrogen) atoms. The molecule has 4 aromatic rings. The fraction of sp³-hybridized carbons (Fsp3) is 0.414. The number of imidazole rings is 1. The summed E-state index contributed by atoms with van der Waals surface area (Å²) in [4.78, 5) is 52.4. The molecule has 14 heteroatoms. The minimum Gasteiger partial charge on any atom is -0.501 e. The Kier molecular flexibility index (Phi) is 7.99. The van der Waals surface area contributed by atoms with Gasteiger partial charge in [0.05, 0.1) is 25.4 Å². The van der Waals surface area contributed by atoms with E-state index in [1.165, 1.54) is 34.1 Å². The maximum absolute atomic E-state index is 14.2. The van der Waals surface area contributed by atoms with Crippen LogP contribution in [0.15, 0.2) is 41.6 Å². The largest absolute Gasteiger partial charge is 0.501 e. The molecule has 1 aromatic carbocycles. The first kappa shape index (κ1) is 29.0. The first-order valence-electron chi connectivity index (χ1n) is 14.0. The van der Waals surface area contributed by atoms with E-state index in [4.69, 9.17) is 9.47 Å². The number of aromatic nitrogens is 4. The molecule has 2 amide bonds. The Hall–Kier alpha value is -4.14. The van der Waals surface area contributed by atoms with Gasteiger partial charge in [-0.2, -0.15) is 0 Å². The Bertz CT molecular complexity index is 1730. The molecular formula is C29H31FN6O6S. The van der Waals surface area contributed by atoms with Crippen molar-refractivity contribution in [1.82, 2.24) is 28.7 Å². The van der Waals surface area contributed by atoms with Crippen molar-refractivity contribution in [2.75, 3.05) is 39.4 Å². The van der Waals surface area contributed by atoms with E-state index in [2.05, 4.69) is 9.97 Å². The van der Waals surface area contributed by atoms with Gasteiger partial charge in [0.1, 0.15) is 17.4 Å². The number of thiazole rings is 1. The van der Waals surface area contributed by atoms with Crippen molar-refractivity contribution in [3.05, 3.63) is 69.0 Å². The van der Waals surface area contributed by atoms with Crippen LogP contribution in [0.3, 0.4) is 0 Å². The molecule has 12 nitrogen and oxygen atoms in total. The monoisotopic (exact) mass is 610 g/mol. The van der Waals surface area contributed by atoms with E-state index in [1.54, 1.807) is 32.8 Å². The number of carbonyl (C=O) groups is 2. The molecule has 0 aliphatic carbocycles. The zero-order valence-corrected chi connectivity index (χ0v) is 24.6. The molecule has 3 aromatic heterocycles. The van der Waals surface area contributed by atoms with Crippen molar-refractivity contribution in [2.45, 2.75) is 39.0 Å². The summed E-state index contributed by atoms with van der Waals surface area (Å²) in [5, 5.41) is 11.1. The van der Waals surface area contributed by atoms with Crippen LogP contribution in [0, 0.1) is 5.82 Å². The van der Waals surface area contributed by atoms with Crippen LogP contribution in [0.4, 0.5) is 4.39 Å². The standard InChI is InChI=1S/C29H31FN6O6S/c1-17-14-35(15-18(2)42-17)23(37)16-34-5-6-36-28(40)25(38)24(32-29(34)36)26-31-13-21(43-26)11-19-3-4-20(30)12-22(19)27(39)33-7-9-41-10-8-33/h3-6,12-13,17-18,38H,7-11,14-16H2,1-2H3. The number of halogens is 1. The lowest BCUT2D eigenvalue weighted by molar-refractivity contribution is -0.143. The quantitative estimate of drug-likeness (QED) is 0.352. The maximum Gasteiger partial charge on any atom is 0.302 e. The van der Waals surface area contributed by atoms with Crippen LogP contribution in [0.5, 0.6) is 5.75 Å². The van der Waals surface area contributed by atoms with Gasteiger partial charge in [-0.1, -0.05) is 6.07 Å². The van der Waals surface area contributed by atoms with E-state index in [0.717, 1.165) is 4.88 Å². The van der Waals surface area contributed by atoms with Crippen molar-refractivity contribution >= 4 is 28.9 Å². The molecule has 2 atom stereocenters. The fourth-order valence-corrected chi connectivity index (χ4v) is 6.41. The van der Waals surface area contributed by atoms with E-state index >= 15 is 0 Å². The van der Waals surface area contributed by atoms with Crippen LogP contribution in [0.25, 0.3) is 16.5 Å². The van der Waals surface area contributed by atoms with Crippen molar-refractivity contribution in [3.63, 3.8) is 0 Å². The number of rotatable bonds is 6. The Morgan fingerprint density at radius 3 is 2.60 bits per heavy atom. The molecule has 226 valence electrons. The first-order chi connectivity index (χ1) is 20.7. The van der Waals surface area contributed by atoms with Crippen LogP contribution in [-0.4, -0.2) is 97.3 Å². The fourth-order valence-electron chi connectivity index (χ4n) is 5.49. The summed E-state index contributed by atoms with van der Waals surface area (Å²) in [6, 6.07) is 4.13. The van der Waals surface area contributed by atoms with E-state index in [1.807, 2.05) is 13.8 Å². The SMILES string of the molecule is CC1CN(C(=O)Cn2ccn3c(=O)c(O)c(-c4ncc(Cc5ccc(F)cc5C(=O)N5CCOCC5)s4)nc23)CC(C)O1. The van der Waals surface area contributed by atoms with Gasteiger partial charge in [-0.3, -0.25) is 14.4 Å². The first-order valence-corrected chi connectivity index (χ1v) is 14.8. The van der Waals surface area contributed by atoms with Gasteiger partial charge in [0.25, 0.3) is 5.91 Å². The highest BCUT2D eigenvalue weighted by molar-refractivity contribution is 7.15. The number of morpholine rings is 2. The minimum atomic E-state index is -0.687. The number of hydrogen-bond donors (Lipinski definition) is 1. The second-order valence-corrected chi connectivity index (χ2v) is 11.9. The van der Waals surface area contributed by atoms with Crippen molar-refractivity contribution in [1.29, 1.82) is 0 Å². The lowest BCUT2D eigenvalue weighted by Gasteiger charge is -2.35. The molecular weight excluding hydrogens is 579 g/mol. The molecule has 0 radical (unpaired) electrons. The minimum absolute atomic E-state index is 0.00834. The number of ether oxygens (including phenoxy) is 2. The Labute approximate surface area is 249 Å². The average molecular weight is 611 g/mol. The Morgan fingerprint density at radius 1 is 1.12 bits per heavy atom. The normalized spacial score (nSPS) is 19.2. The molecule has 6 rings (SSSR count). The Balaban J connectivity index is 1.27. The molecule has 2 aliphatic rings. The van der Waals surface area contributed by atoms with Gasteiger partial charge in [-0.25, -0.2) is 18.8 Å². The van der Waals surface area contributed by atoms with Crippen LogP contribution in [0.1, 0.15) is 34.6 Å². The summed E-state index contributed by atoms with van der Waals surface area (Å²) >= 11 is 1.20. The van der Waals surface area contributed by atoms with Gasteiger partial charge < -0.3 is 28.9 Å². The second kappa shape index (κ2) is 11.9. The number of benzene rings is 1. The average Bonchev–Trinajstić information content (AvgIpc) is 3.62. The number of nitrogens with zero attached hydrogens (tertiary/aromatic N) is 6. The van der Waals surface area contributed by atoms with Crippen LogP contribution in [-0.2, 0) is 27.2 Å². The third kappa shape index (κ3) is 5.90. The highest BCUT2D eigenvalue weighted by Gasteiger charge is 2.27. The van der Waals surface area contributed by atoms with Crippen molar-refractivity contribution in [2.24, 2.45) is 0 Å². The highest BCUT2D eigenvalue weighted by Crippen LogP contribution is 2.31. The van der Waals surface area contributed by atoms with Crippen LogP contribution >= 0.6 is 11.3 Å². The molecule has 0 spiro atoms. The Morgan fingerprint density at radius 2 is 1.86 bits per heavy atom. The zero-order chi connectivity index (χ0) is 30.2. The van der Waals surface area contributed by atoms with E-state index in [0.29, 0.717) is 50.0 Å². The van der Waals surface area contributed by atoms with E-state index in [-0.39, 0.29) is 54.0 Å². The predicted molar refractivity (Wildman–Crippen MR) is 155 cm³/mol. The molecule has 5 heterocycles. The van der Waals surface area contributed by atoms with Gasteiger partial charge in [0.2, 0.25) is 17.4 Å². The number of fused-ring (bicyclic) bond motifs is 1. The van der Waals surface area contributed by atoms with Crippen molar-refractivity contribution in [3.8, 4) is 16.5 Å². The molecule has 2 saturated heterocycles. The molecule has 0 bridgehead atoms. The summed E-state index contributed by atoms with van der Waals surface area (Å²) in [5.74, 6) is -1.29.